The van der Waals surface area contributed by atoms with E-state index in [0.717, 1.165) is 57.5 Å². The van der Waals surface area contributed by atoms with Crippen molar-refractivity contribution in [1.29, 1.82) is 0 Å². The van der Waals surface area contributed by atoms with Gasteiger partial charge in [0.25, 0.3) is 0 Å². The highest BCUT2D eigenvalue weighted by Gasteiger charge is 2.30. The molecule has 0 saturated carbocycles. The van der Waals surface area contributed by atoms with Gasteiger partial charge in [-0.2, -0.15) is 10.6 Å². The minimum Gasteiger partial charge on any atom is -0.481 e. The Bertz CT molecular complexity index is 769. The van der Waals surface area contributed by atoms with E-state index < -0.39 is 5.97 Å². The number of benzene rings is 1. The molecule has 4 rings (SSSR count). The number of hydrogen-bond donors (Lipinski definition) is 2. The lowest BCUT2D eigenvalue weighted by Gasteiger charge is -2.33. The van der Waals surface area contributed by atoms with Gasteiger partial charge in [-0.3, -0.25) is 14.6 Å². The topological polar surface area (TPSA) is 86.6 Å². The maximum absolute atomic E-state index is 10.9. The molecule has 8 heteroatoms. The summed E-state index contributed by atoms with van der Waals surface area (Å²) in [6.45, 7) is 8.61. The molecule has 0 amide bonds. The normalized spacial score (nSPS) is 30.2. The number of carboxylic acids is 1. The third-order valence-electron chi connectivity index (χ3n) is 6.62. The van der Waals surface area contributed by atoms with Crippen molar-refractivity contribution in [2.45, 2.75) is 63.9 Å². The van der Waals surface area contributed by atoms with Crippen LogP contribution in [0.15, 0.2) is 29.4 Å². The molecule has 3 saturated heterocycles. The Morgan fingerprint density at radius 1 is 1.19 bits per heavy atom. The standard InChI is InChI=1S/C24H36N4O4/c1-17-14-28(15-18(2)31-17)25-13-20-3-5-21(6-4-20)23-12-22(32-26-23)16-27-9-7-19(8-10-27)11-24(29)30/h3-6,13,17-19,22-23,26H,7-12,14-16H2,1-2H3,(H,29,30). The molecule has 3 aliphatic heterocycles. The van der Waals surface area contributed by atoms with E-state index >= 15 is 0 Å². The van der Waals surface area contributed by atoms with Crippen molar-refractivity contribution in [3.8, 4) is 0 Å². The number of carboxylic acid groups (broad SMARTS) is 1. The first-order chi connectivity index (χ1) is 15.4. The van der Waals surface area contributed by atoms with Crippen LogP contribution in [0.3, 0.4) is 0 Å². The summed E-state index contributed by atoms with van der Waals surface area (Å²) in [6.07, 6.45) is 5.63. The molecule has 1 aromatic rings. The van der Waals surface area contributed by atoms with Gasteiger partial charge in [-0.05, 0) is 63.2 Å². The summed E-state index contributed by atoms with van der Waals surface area (Å²) in [7, 11) is 0. The zero-order chi connectivity index (χ0) is 22.5. The average Bonchev–Trinajstić information content (AvgIpc) is 3.21. The van der Waals surface area contributed by atoms with E-state index in [2.05, 4.69) is 58.6 Å². The maximum atomic E-state index is 10.9. The zero-order valence-corrected chi connectivity index (χ0v) is 19.2. The van der Waals surface area contributed by atoms with Crippen molar-refractivity contribution in [3.05, 3.63) is 35.4 Å². The predicted molar refractivity (Wildman–Crippen MR) is 122 cm³/mol. The smallest absolute Gasteiger partial charge is 0.303 e. The second-order valence-electron chi connectivity index (χ2n) is 9.53. The van der Waals surface area contributed by atoms with Gasteiger partial charge < -0.3 is 14.7 Å². The molecule has 3 heterocycles. The van der Waals surface area contributed by atoms with Crippen LogP contribution in [0, 0.1) is 5.92 Å². The number of morpholine rings is 1. The molecular weight excluding hydrogens is 408 g/mol. The van der Waals surface area contributed by atoms with E-state index in [1.807, 2.05) is 6.21 Å². The molecule has 4 atom stereocenters. The molecule has 0 radical (unpaired) electrons. The Labute approximate surface area is 190 Å². The number of carbonyl (C=O) groups is 1. The number of hydroxylamine groups is 1. The second-order valence-corrected chi connectivity index (χ2v) is 9.53. The fourth-order valence-corrected chi connectivity index (χ4v) is 4.97. The Kier molecular flexibility index (Phi) is 7.78. The van der Waals surface area contributed by atoms with Gasteiger partial charge in [0, 0.05) is 13.0 Å². The molecule has 3 aliphatic rings. The lowest BCUT2D eigenvalue weighted by atomic mass is 9.93. The fourth-order valence-electron chi connectivity index (χ4n) is 4.97. The van der Waals surface area contributed by atoms with E-state index in [0.29, 0.717) is 12.3 Å². The van der Waals surface area contributed by atoms with Crippen LogP contribution >= 0.6 is 0 Å². The van der Waals surface area contributed by atoms with E-state index in [4.69, 9.17) is 14.7 Å². The molecule has 0 bridgehead atoms. The number of rotatable bonds is 7. The van der Waals surface area contributed by atoms with Crippen LogP contribution in [-0.2, 0) is 14.4 Å². The quantitative estimate of drug-likeness (QED) is 0.625. The number of piperidine rings is 1. The first kappa shape index (κ1) is 23.2. The first-order valence-electron chi connectivity index (χ1n) is 11.8. The summed E-state index contributed by atoms with van der Waals surface area (Å²) >= 11 is 0. The van der Waals surface area contributed by atoms with Gasteiger partial charge in [0.05, 0.1) is 43.7 Å². The Hall–Kier alpha value is -2.00. The number of aliphatic carboxylic acids is 1. The van der Waals surface area contributed by atoms with E-state index in [-0.39, 0.29) is 24.4 Å². The van der Waals surface area contributed by atoms with Gasteiger partial charge in [-0.15, -0.1) is 0 Å². The average molecular weight is 445 g/mol. The van der Waals surface area contributed by atoms with Gasteiger partial charge in [0.2, 0.25) is 0 Å². The molecule has 0 aliphatic carbocycles. The largest absolute Gasteiger partial charge is 0.481 e. The van der Waals surface area contributed by atoms with Crippen molar-refractivity contribution in [3.63, 3.8) is 0 Å². The van der Waals surface area contributed by atoms with Crippen molar-refractivity contribution in [2.24, 2.45) is 11.0 Å². The lowest BCUT2D eigenvalue weighted by molar-refractivity contribution is -0.138. The van der Waals surface area contributed by atoms with Crippen LogP contribution in [0.4, 0.5) is 0 Å². The van der Waals surface area contributed by atoms with Crippen molar-refractivity contribution < 1.29 is 19.5 Å². The van der Waals surface area contributed by atoms with Crippen molar-refractivity contribution in [2.75, 3.05) is 32.7 Å². The number of hydrazone groups is 1. The van der Waals surface area contributed by atoms with Gasteiger partial charge in [-0.25, -0.2) is 0 Å². The minimum absolute atomic E-state index is 0.155. The van der Waals surface area contributed by atoms with Crippen LogP contribution in [0.1, 0.15) is 56.7 Å². The SMILES string of the molecule is CC1CN(N=Cc2ccc(C3CC(CN4CCC(CC(=O)O)CC4)ON3)cc2)CC(C)O1. The van der Waals surface area contributed by atoms with Crippen LogP contribution in [0.5, 0.6) is 0 Å². The minimum atomic E-state index is -0.683. The summed E-state index contributed by atoms with van der Waals surface area (Å²) < 4.78 is 5.76. The van der Waals surface area contributed by atoms with Gasteiger partial charge in [0.15, 0.2) is 0 Å². The number of likely N-dealkylation sites (tertiary alicyclic amines) is 1. The lowest BCUT2D eigenvalue weighted by Crippen LogP contribution is -2.42. The monoisotopic (exact) mass is 444 g/mol. The molecule has 3 fully saturated rings. The molecule has 0 spiro atoms. The summed E-state index contributed by atoms with van der Waals surface area (Å²) in [5.41, 5.74) is 5.50. The van der Waals surface area contributed by atoms with Gasteiger partial charge >= 0.3 is 5.97 Å². The third-order valence-corrected chi connectivity index (χ3v) is 6.62. The Balaban J connectivity index is 1.22. The highest BCUT2D eigenvalue weighted by Crippen LogP contribution is 2.27. The zero-order valence-electron chi connectivity index (χ0n) is 19.2. The molecule has 176 valence electrons. The molecule has 32 heavy (non-hydrogen) atoms. The fraction of sp³-hybridized carbons (Fsp3) is 0.667. The first-order valence-corrected chi connectivity index (χ1v) is 11.8. The van der Waals surface area contributed by atoms with Crippen LogP contribution in [-0.4, -0.2) is 78.2 Å². The van der Waals surface area contributed by atoms with Gasteiger partial charge in [0.1, 0.15) is 0 Å². The Morgan fingerprint density at radius 3 is 2.53 bits per heavy atom. The Morgan fingerprint density at radius 2 is 1.88 bits per heavy atom. The number of ether oxygens (including phenoxy) is 1. The number of nitrogens with zero attached hydrogens (tertiary/aromatic N) is 3. The highest BCUT2D eigenvalue weighted by molar-refractivity contribution is 5.79. The summed E-state index contributed by atoms with van der Waals surface area (Å²) in [5, 5.41) is 15.7. The van der Waals surface area contributed by atoms with Crippen LogP contribution in [0.2, 0.25) is 0 Å². The maximum Gasteiger partial charge on any atom is 0.303 e. The van der Waals surface area contributed by atoms with E-state index in [1.165, 1.54) is 5.56 Å². The van der Waals surface area contributed by atoms with Crippen molar-refractivity contribution in [1.82, 2.24) is 15.4 Å². The highest BCUT2D eigenvalue weighted by atomic mass is 16.7. The van der Waals surface area contributed by atoms with Crippen LogP contribution < -0.4 is 5.48 Å². The summed E-state index contributed by atoms with van der Waals surface area (Å²) in [4.78, 5) is 19.2. The second kappa shape index (κ2) is 10.7. The van der Waals surface area contributed by atoms with E-state index in [1.54, 1.807) is 0 Å². The number of nitrogens with one attached hydrogen (secondary N) is 1. The third kappa shape index (κ3) is 6.51. The van der Waals surface area contributed by atoms with Crippen LogP contribution in [0.25, 0.3) is 0 Å². The number of hydrogen-bond acceptors (Lipinski definition) is 7. The summed E-state index contributed by atoms with van der Waals surface area (Å²) in [5.74, 6) is -0.367. The van der Waals surface area contributed by atoms with E-state index in [9.17, 15) is 4.79 Å². The molecular formula is C24H36N4O4. The molecule has 8 nitrogen and oxygen atoms in total. The summed E-state index contributed by atoms with van der Waals surface area (Å²) in [6, 6.07) is 8.69. The molecule has 1 aromatic carbocycles. The molecule has 4 unspecified atom stereocenters. The van der Waals surface area contributed by atoms with Crippen molar-refractivity contribution >= 4 is 12.2 Å². The molecule has 2 N–H and O–H groups in total. The molecule has 0 aromatic heterocycles. The van der Waals surface area contributed by atoms with Gasteiger partial charge in [-0.1, -0.05) is 24.3 Å². The predicted octanol–water partition coefficient (Wildman–Crippen LogP) is 2.65.